The minimum Gasteiger partial charge on any atom is -0.392 e. The number of nitro groups is 1. The highest BCUT2D eigenvalue weighted by Crippen LogP contribution is 2.34. The van der Waals surface area contributed by atoms with Crippen molar-refractivity contribution in [2.24, 2.45) is 0 Å². The normalized spacial score (nSPS) is 10.7. The lowest BCUT2D eigenvalue weighted by molar-refractivity contribution is -0.385. The summed E-state index contributed by atoms with van der Waals surface area (Å²) in [5.74, 6) is 0. The van der Waals surface area contributed by atoms with Crippen molar-refractivity contribution in [3.05, 3.63) is 27.6 Å². The molecule has 8 heteroatoms. The highest BCUT2D eigenvalue weighted by molar-refractivity contribution is 5.64. The lowest BCUT2D eigenvalue weighted by Gasteiger charge is -2.06. The van der Waals surface area contributed by atoms with Gasteiger partial charge in [-0.2, -0.15) is 0 Å². The number of hydrogen-bond donors (Lipinski definition) is 2. The van der Waals surface area contributed by atoms with E-state index in [1.165, 1.54) is 0 Å². The molecule has 0 amide bonds. The van der Waals surface area contributed by atoms with Crippen LogP contribution in [0.3, 0.4) is 0 Å². The number of alkyl halides is 2. The molecule has 0 atom stereocenters. The zero-order valence-electron chi connectivity index (χ0n) is 7.35. The number of pyridine rings is 1. The van der Waals surface area contributed by atoms with Crippen LogP contribution in [0.4, 0.5) is 20.2 Å². The van der Waals surface area contributed by atoms with Crippen molar-refractivity contribution in [1.29, 1.82) is 0 Å². The zero-order chi connectivity index (χ0) is 11.6. The Balaban J connectivity index is 3.44. The molecule has 0 aliphatic carbocycles. The molecular weight excluding hydrogens is 212 g/mol. The van der Waals surface area contributed by atoms with Crippen LogP contribution in [-0.4, -0.2) is 15.0 Å². The van der Waals surface area contributed by atoms with Crippen molar-refractivity contribution in [2.45, 2.75) is 13.0 Å². The summed E-state index contributed by atoms with van der Waals surface area (Å²) < 4.78 is 24.7. The van der Waals surface area contributed by atoms with Crippen LogP contribution in [0.5, 0.6) is 0 Å². The van der Waals surface area contributed by atoms with Gasteiger partial charge < -0.3 is 10.8 Å². The van der Waals surface area contributed by atoms with Gasteiger partial charge in [0.2, 0.25) is 0 Å². The summed E-state index contributed by atoms with van der Waals surface area (Å²) in [6, 6.07) is 0. The zero-order valence-corrected chi connectivity index (χ0v) is 7.35. The molecule has 0 bridgehead atoms. The average Bonchev–Trinajstić information content (AvgIpc) is 2.16. The summed E-state index contributed by atoms with van der Waals surface area (Å²) in [6.07, 6.45) is -2.39. The minimum atomic E-state index is -3.03. The van der Waals surface area contributed by atoms with Crippen molar-refractivity contribution in [1.82, 2.24) is 4.98 Å². The summed E-state index contributed by atoms with van der Waals surface area (Å²) in [6.45, 7) is -0.643. The number of nitrogens with two attached hydrogens (primary N) is 1. The first-order valence-electron chi connectivity index (χ1n) is 3.79. The monoisotopic (exact) mass is 219 g/mol. The Morgan fingerprint density at radius 1 is 1.67 bits per heavy atom. The predicted octanol–water partition coefficient (Wildman–Crippen LogP) is 1.00. The molecule has 15 heavy (non-hydrogen) atoms. The number of nitrogens with zero attached hydrogens (tertiary/aromatic N) is 2. The SMILES string of the molecule is Nc1c(CO)ncc(C(F)F)c1[N+](=O)[O-]. The smallest absolute Gasteiger partial charge is 0.304 e. The Kier molecular flexibility index (Phi) is 3.10. The molecule has 0 saturated carbocycles. The molecule has 1 rings (SSSR count). The van der Waals surface area contributed by atoms with E-state index in [0.717, 1.165) is 0 Å². The Hall–Kier alpha value is -1.83. The number of aliphatic hydroxyl groups excluding tert-OH is 1. The van der Waals surface area contributed by atoms with Crippen LogP contribution in [0.2, 0.25) is 0 Å². The maximum Gasteiger partial charge on any atom is 0.304 e. The number of aromatic nitrogens is 1. The average molecular weight is 219 g/mol. The molecule has 0 radical (unpaired) electrons. The number of aliphatic hydroxyl groups is 1. The van der Waals surface area contributed by atoms with Crippen molar-refractivity contribution < 1.29 is 18.8 Å². The number of hydrogen-bond acceptors (Lipinski definition) is 5. The quantitative estimate of drug-likeness (QED) is 0.583. The Morgan fingerprint density at radius 3 is 2.67 bits per heavy atom. The first-order chi connectivity index (χ1) is 6.99. The summed E-state index contributed by atoms with van der Waals surface area (Å²) in [7, 11) is 0. The van der Waals surface area contributed by atoms with E-state index in [1.54, 1.807) is 0 Å². The largest absolute Gasteiger partial charge is 0.392 e. The molecule has 0 aliphatic rings. The van der Waals surface area contributed by atoms with Gasteiger partial charge in [0.05, 0.1) is 17.2 Å². The number of rotatable bonds is 3. The van der Waals surface area contributed by atoms with Crippen LogP contribution in [0.1, 0.15) is 17.7 Å². The van der Waals surface area contributed by atoms with E-state index in [2.05, 4.69) is 4.98 Å². The Morgan fingerprint density at radius 2 is 2.27 bits per heavy atom. The molecule has 1 aromatic heterocycles. The number of halogens is 2. The van der Waals surface area contributed by atoms with Gasteiger partial charge in [0.1, 0.15) is 11.3 Å². The van der Waals surface area contributed by atoms with E-state index in [4.69, 9.17) is 10.8 Å². The molecule has 0 spiro atoms. The van der Waals surface area contributed by atoms with E-state index in [1.807, 2.05) is 0 Å². The minimum absolute atomic E-state index is 0.189. The van der Waals surface area contributed by atoms with Crippen molar-refractivity contribution in [3.8, 4) is 0 Å². The lowest BCUT2D eigenvalue weighted by atomic mass is 10.2. The van der Waals surface area contributed by atoms with Crippen molar-refractivity contribution in [3.63, 3.8) is 0 Å². The highest BCUT2D eigenvalue weighted by atomic mass is 19.3. The molecule has 3 N–H and O–H groups in total. The van der Waals surface area contributed by atoms with Gasteiger partial charge in [-0.25, -0.2) is 8.78 Å². The Labute approximate surface area is 82.5 Å². The molecule has 0 fully saturated rings. The van der Waals surface area contributed by atoms with Crippen LogP contribution in [-0.2, 0) is 6.61 Å². The second-order valence-corrected chi connectivity index (χ2v) is 2.64. The predicted molar refractivity (Wildman–Crippen MR) is 46.2 cm³/mol. The summed E-state index contributed by atoms with van der Waals surface area (Å²) in [5, 5.41) is 19.2. The summed E-state index contributed by atoms with van der Waals surface area (Å²) >= 11 is 0. The van der Waals surface area contributed by atoms with E-state index in [-0.39, 0.29) is 5.69 Å². The van der Waals surface area contributed by atoms with Crippen LogP contribution in [0.15, 0.2) is 6.20 Å². The molecule has 0 saturated heterocycles. The lowest BCUT2D eigenvalue weighted by Crippen LogP contribution is -2.06. The van der Waals surface area contributed by atoms with Gasteiger partial charge in [-0.3, -0.25) is 15.1 Å². The van der Waals surface area contributed by atoms with Crippen LogP contribution in [0, 0.1) is 10.1 Å². The van der Waals surface area contributed by atoms with Crippen LogP contribution in [0.25, 0.3) is 0 Å². The fourth-order valence-corrected chi connectivity index (χ4v) is 1.06. The fraction of sp³-hybridized carbons (Fsp3) is 0.286. The third-order valence-electron chi connectivity index (χ3n) is 1.77. The molecule has 1 aromatic rings. The second-order valence-electron chi connectivity index (χ2n) is 2.64. The maximum atomic E-state index is 12.3. The van der Waals surface area contributed by atoms with Gasteiger partial charge in [0, 0.05) is 6.20 Å². The van der Waals surface area contributed by atoms with Gasteiger partial charge in [-0.15, -0.1) is 0 Å². The Bertz CT molecular complexity index is 397. The molecule has 0 aliphatic heterocycles. The number of anilines is 1. The topological polar surface area (TPSA) is 102 Å². The third kappa shape index (κ3) is 1.99. The van der Waals surface area contributed by atoms with E-state index < -0.39 is 34.9 Å². The molecule has 0 unspecified atom stereocenters. The molecular formula is C7H7F2N3O3. The van der Waals surface area contributed by atoms with Crippen LogP contribution < -0.4 is 5.73 Å². The van der Waals surface area contributed by atoms with Crippen LogP contribution >= 0.6 is 0 Å². The van der Waals surface area contributed by atoms with E-state index in [9.17, 15) is 18.9 Å². The number of nitrogen functional groups attached to an aromatic ring is 1. The van der Waals surface area contributed by atoms with Gasteiger partial charge in [-0.1, -0.05) is 0 Å². The van der Waals surface area contributed by atoms with Gasteiger partial charge in [-0.05, 0) is 0 Å². The molecule has 1 heterocycles. The fourth-order valence-electron chi connectivity index (χ4n) is 1.06. The van der Waals surface area contributed by atoms with Gasteiger partial charge in [0.15, 0.2) is 0 Å². The molecule has 82 valence electrons. The standard InChI is InChI=1S/C7H7F2N3O3/c8-7(9)3-1-11-4(2-13)5(10)6(3)12(14)15/h1,7,13H,2,10H2. The van der Waals surface area contributed by atoms with E-state index in [0.29, 0.717) is 6.20 Å². The van der Waals surface area contributed by atoms with Gasteiger partial charge >= 0.3 is 5.69 Å². The summed E-state index contributed by atoms with van der Waals surface area (Å²) in [5.41, 5.74) is 2.77. The summed E-state index contributed by atoms with van der Waals surface area (Å²) in [4.78, 5) is 12.9. The first kappa shape index (κ1) is 11.2. The highest BCUT2D eigenvalue weighted by Gasteiger charge is 2.27. The maximum absolute atomic E-state index is 12.3. The first-order valence-corrected chi connectivity index (χ1v) is 3.79. The third-order valence-corrected chi connectivity index (χ3v) is 1.77. The van der Waals surface area contributed by atoms with Gasteiger partial charge in [0.25, 0.3) is 6.43 Å². The molecule has 0 aromatic carbocycles. The molecule has 6 nitrogen and oxygen atoms in total. The van der Waals surface area contributed by atoms with Crippen molar-refractivity contribution in [2.75, 3.05) is 5.73 Å². The second kappa shape index (κ2) is 4.13. The van der Waals surface area contributed by atoms with E-state index >= 15 is 0 Å². The van der Waals surface area contributed by atoms with Crippen molar-refractivity contribution >= 4 is 11.4 Å².